The van der Waals surface area contributed by atoms with E-state index >= 15 is 0 Å². The Bertz CT molecular complexity index is 760. The second-order valence-corrected chi connectivity index (χ2v) is 5.86. The Hall–Kier alpha value is -2.15. The molecule has 0 atom stereocenters. The van der Waals surface area contributed by atoms with Crippen LogP contribution in [0, 0.1) is 0 Å². The number of rotatable bonds is 3. The maximum absolute atomic E-state index is 11.9. The summed E-state index contributed by atoms with van der Waals surface area (Å²) in [4.78, 5) is 19.2. The fraction of sp³-hybridized carbons (Fsp3) is 0.286. The maximum Gasteiger partial charge on any atom is 0.256 e. The number of fused-ring (bicyclic) bond motifs is 2. The molecule has 0 saturated heterocycles. The van der Waals surface area contributed by atoms with Crippen molar-refractivity contribution in [2.24, 2.45) is 0 Å². The lowest BCUT2D eigenvalue weighted by atomic mass is 10.2. The Balaban J connectivity index is 1.52. The van der Waals surface area contributed by atoms with Crippen LogP contribution in [-0.4, -0.2) is 16.8 Å². The predicted molar refractivity (Wildman–Crippen MR) is 79.7 cm³/mol. The van der Waals surface area contributed by atoms with Crippen molar-refractivity contribution < 1.29 is 9.47 Å². The highest BCUT2D eigenvalue weighted by molar-refractivity contribution is 7.98. The fourth-order valence-corrected chi connectivity index (χ4v) is 3.42. The van der Waals surface area contributed by atoms with Crippen LogP contribution in [-0.2, 0) is 18.1 Å². The first-order valence-corrected chi connectivity index (χ1v) is 7.77. The number of thioether (sulfide) groups is 1. The van der Waals surface area contributed by atoms with Crippen LogP contribution in [0.2, 0.25) is 0 Å². The molecule has 3 heterocycles. The summed E-state index contributed by atoms with van der Waals surface area (Å²) in [5.74, 6) is 3.58. The molecule has 0 aliphatic carbocycles. The minimum Gasteiger partial charge on any atom is -0.454 e. The number of ether oxygens (including phenoxy) is 2. The first kappa shape index (κ1) is 12.6. The highest BCUT2D eigenvalue weighted by Crippen LogP contribution is 2.32. The van der Waals surface area contributed by atoms with E-state index in [0.29, 0.717) is 12.5 Å². The molecule has 2 aliphatic rings. The Labute approximate surface area is 124 Å². The summed E-state index contributed by atoms with van der Waals surface area (Å²) >= 11 is 1.71. The van der Waals surface area contributed by atoms with Crippen molar-refractivity contribution in [3.63, 3.8) is 0 Å². The first-order chi connectivity index (χ1) is 10.3. The number of nitrogens with one attached hydrogen (secondary N) is 2. The van der Waals surface area contributed by atoms with E-state index in [0.717, 1.165) is 39.8 Å². The number of hydrogen-bond donors (Lipinski definition) is 2. The summed E-state index contributed by atoms with van der Waals surface area (Å²) in [6.07, 6.45) is 0. The van der Waals surface area contributed by atoms with Crippen LogP contribution < -0.4 is 20.3 Å². The van der Waals surface area contributed by atoms with E-state index < -0.39 is 0 Å². The molecule has 0 fully saturated rings. The van der Waals surface area contributed by atoms with Gasteiger partial charge in [-0.05, 0) is 17.7 Å². The van der Waals surface area contributed by atoms with E-state index in [1.807, 2.05) is 18.2 Å². The highest BCUT2D eigenvalue weighted by Gasteiger charge is 2.17. The largest absolute Gasteiger partial charge is 0.454 e. The lowest BCUT2D eigenvalue weighted by molar-refractivity contribution is 0.174. The molecule has 7 heteroatoms. The van der Waals surface area contributed by atoms with E-state index in [9.17, 15) is 4.79 Å². The summed E-state index contributed by atoms with van der Waals surface area (Å²) in [6, 6.07) is 5.77. The maximum atomic E-state index is 11.9. The molecule has 0 bridgehead atoms. The third kappa shape index (κ3) is 2.33. The zero-order valence-corrected chi connectivity index (χ0v) is 12.0. The minimum absolute atomic E-state index is 0.0433. The monoisotopic (exact) mass is 303 g/mol. The molecule has 0 unspecified atom stereocenters. The van der Waals surface area contributed by atoms with Gasteiger partial charge in [0.1, 0.15) is 0 Å². The summed E-state index contributed by atoms with van der Waals surface area (Å²) < 4.78 is 10.6. The number of anilines is 1. The molecule has 0 saturated carbocycles. The SMILES string of the molecule is O=c1[nH]c(NCc2ccc3c(c2)OCO3)nc2c1CSC2. The topological polar surface area (TPSA) is 76.2 Å². The molecule has 1 aromatic heterocycles. The second kappa shape index (κ2) is 5.00. The molecule has 2 N–H and O–H groups in total. The molecule has 21 heavy (non-hydrogen) atoms. The first-order valence-electron chi connectivity index (χ1n) is 6.62. The summed E-state index contributed by atoms with van der Waals surface area (Å²) in [7, 11) is 0. The number of aromatic amines is 1. The lowest BCUT2D eigenvalue weighted by Crippen LogP contribution is -2.17. The van der Waals surface area contributed by atoms with Gasteiger partial charge in [-0.15, -0.1) is 0 Å². The van der Waals surface area contributed by atoms with Crippen LogP contribution in [0.25, 0.3) is 0 Å². The van der Waals surface area contributed by atoms with E-state index in [-0.39, 0.29) is 12.4 Å². The number of nitrogens with zero attached hydrogens (tertiary/aromatic N) is 1. The van der Waals surface area contributed by atoms with Crippen molar-refractivity contribution in [2.75, 3.05) is 12.1 Å². The Morgan fingerprint density at radius 3 is 3.14 bits per heavy atom. The van der Waals surface area contributed by atoms with Crippen LogP contribution in [0.4, 0.5) is 5.95 Å². The quantitative estimate of drug-likeness (QED) is 0.901. The van der Waals surface area contributed by atoms with Crippen molar-refractivity contribution >= 4 is 17.7 Å². The van der Waals surface area contributed by atoms with Crippen molar-refractivity contribution in [1.82, 2.24) is 9.97 Å². The van der Waals surface area contributed by atoms with Crippen LogP contribution >= 0.6 is 11.8 Å². The predicted octanol–water partition coefficient (Wildman–Crippen LogP) is 1.86. The van der Waals surface area contributed by atoms with Crippen molar-refractivity contribution in [2.45, 2.75) is 18.1 Å². The standard InChI is InChI=1S/C14H13N3O3S/c18-13-9-5-21-6-10(9)16-14(17-13)15-4-8-1-2-11-12(3-8)20-7-19-11/h1-3H,4-7H2,(H2,15,16,17,18). The van der Waals surface area contributed by atoms with Crippen molar-refractivity contribution in [3.8, 4) is 11.5 Å². The molecule has 0 radical (unpaired) electrons. The molecule has 0 spiro atoms. The van der Waals surface area contributed by atoms with Gasteiger partial charge in [0.05, 0.1) is 5.69 Å². The zero-order valence-electron chi connectivity index (χ0n) is 11.1. The average molecular weight is 303 g/mol. The number of benzene rings is 1. The Kier molecular flexibility index (Phi) is 2.99. The molecular weight excluding hydrogens is 290 g/mol. The van der Waals surface area contributed by atoms with Crippen molar-refractivity contribution in [1.29, 1.82) is 0 Å². The number of H-pyrrole nitrogens is 1. The Morgan fingerprint density at radius 2 is 2.19 bits per heavy atom. The van der Waals surface area contributed by atoms with Gasteiger partial charge in [-0.1, -0.05) is 6.07 Å². The van der Waals surface area contributed by atoms with E-state index in [1.165, 1.54) is 0 Å². The second-order valence-electron chi connectivity index (χ2n) is 4.87. The van der Waals surface area contributed by atoms with Gasteiger partial charge in [0.15, 0.2) is 11.5 Å². The molecular formula is C14H13N3O3S. The van der Waals surface area contributed by atoms with Crippen LogP contribution in [0.5, 0.6) is 11.5 Å². The highest BCUT2D eigenvalue weighted by atomic mass is 32.2. The summed E-state index contributed by atoms with van der Waals surface area (Å²) in [6.45, 7) is 0.828. The summed E-state index contributed by atoms with van der Waals surface area (Å²) in [5.41, 5.74) is 2.68. The third-order valence-corrected chi connectivity index (χ3v) is 4.45. The van der Waals surface area contributed by atoms with Gasteiger partial charge in [-0.3, -0.25) is 9.78 Å². The molecule has 2 aliphatic heterocycles. The van der Waals surface area contributed by atoms with Gasteiger partial charge in [-0.2, -0.15) is 11.8 Å². The summed E-state index contributed by atoms with van der Waals surface area (Å²) in [5, 5.41) is 3.15. The molecule has 0 amide bonds. The van der Waals surface area contributed by atoms with Gasteiger partial charge in [0.25, 0.3) is 5.56 Å². The van der Waals surface area contributed by atoms with E-state index in [2.05, 4.69) is 15.3 Å². The zero-order chi connectivity index (χ0) is 14.2. The van der Waals surface area contributed by atoms with Gasteiger partial charge in [-0.25, -0.2) is 4.98 Å². The van der Waals surface area contributed by atoms with Crippen LogP contribution in [0.3, 0.4) is 0 Å². The molecule has 1 aromatic carbocycles. The molecule has 108 valence electrons. The van der Waals surface area contributed by atoms with Gasteiger partial charge < -0.3 is 14.8 Å². The Morgan fingerprint density at radius 1 is 1.29 bits per heavy atom. The molecule has 6 nitrogen and oxygen atoms in total. The lowest BCUT2D eigenvalue weighted by Gasteiger charge is -2.07. The van der Waals surface area contributed by atoms with Crippen molar-refractivity contribution in [3.05, 3.63) is 45.4 Å². The molecule has 2 aromatic rings. The normalized spacial score (nSPS) is 15.0. The van der Waals surface area contributed by atoms with E-state index in [4.69, 9.17) is 9.47 Å². The number of hydrogen-bond acceptors (Lipinski definition) is 6. The smallest absolute Gasteiger partial charge is 0.256 e. The molecule has 4 rings (SSSR count). The fourth-order valence-electron chi connectivity index (χ4n) is 2.38. The van der Waals surface area contributed by atoms with Crippen LogP contribution in [0.1, 0.15) is 16.8 Å². The van der Waals surface area contributed by atoms with Gasteiger partial charge >= 0.3 is 0 Å². The average Bonchev–Trinajstić information content (AvgIpc) is 3.13. The number of aromatic nitrogens is 2. The van der Waals surface area contributed by atoms with Gasteiger partial charge in [0, 0.05) is 23.6 Å². The van der Waals surface area contributed by atoms with Gasteiger partial charge in [0.2, 0.25) is 12.7 Å². The van der Waals surface area contributed by atoms with Crippen LogP contribution in [0.15, 0.2) is 23.0 Å². The minimum atomic E-state index is -0.0433. The van der Waals surface area contributed by atoms with E-state index in [1.54, 1.807) is 11.8 Å². The third-order valence-electron chi connectivity index (χ3n) is 3.48.